The van der Waals surface area contributed by atoms with Crippen molar-refractivity contribution < 1.29 is 4.74 Å². The molecule has 1 aromatic heterocycles. The number of hydrogen-bond acceptors (Lipinski definition) is 4. The molecule has 0 bridgehead atoms. The molecule has 0 aromatic carbocycles. The van der Waals surface area contributed by atoms with Crippen LogP contribution in [0, 0.1) is 12.3 Å². The monoisotopic (exact) mass is 253 g/mol. The maximum absolute atomic E-state index is 7.56. The van der Waals surface area contributed by atoms with E-state index < -0.39 is 0 Å². The second-order valence-corrected chi connectivity index (χ2v) is 4.18. The van der Waals surface area contributed by atoms with E-state index in [1.54, 1.807) is 11.7 Å². The van der Waals surface area contributed by atoms with Gasteiger partial charge in [0.1, 0.15) is 18.0 Å². The van der Waals surface area contributed by atoms with Gasteiger partial charge in [-0.1, -0.05) is 13.8 Å². The average Bonchev–Trinajstić information content (AvgIpc) is 2.59. The molecular weight excluding hydrogens is 230 g/mol. The fourth-order valence-electron chi connectivity index (χ4n) is 1.92. The number of nitrogens with one attached hydrogen (secondary N) is 1. The predicted molar refractivity (Wildman–Crippen MR) is 72.2 cm³/mol. The Morgan fingerprint density at radius 3 is 2.56 bits per heavy atom. The number of aromatic nitrogens is 2. The first-order chi connectivity index (χ1) is 8.51. The van der Waals surface area contributed by atoms with Crippen LogP contribution >= 0.6 is 0 Å². The number of rotatable bonds is 7. The van der Waals surface area contributed by atoms with Crippen molar-refractivity contribution in [3.8, 4) is 5.88 Å². The van der Waals surface area contributed by atoms with E-state index in [2.05, 4.69) is 23.8 Å². The minimum Gasteiger partial charge on any atom is -0.476 e. The molecule has 0 amide bonds. The van der Waals surface area contributed by atoms with Gasteiger partial charge in [0.05, 0.1) is 5.69 Å². The van der Waals surface area contributed by atoms with Gasteiger partial charge in [0.2, 0.25) is 5.88 Å². The topological polar surface area (TPSA) is 80.2 Å². The van der Waals surface area contributed by atoms with Crippen LogP contribution in [-0.2, 0) is 7.05 Å². The largest absolute Gasteiger partial charge is 0.476 e. The summed E-state index contributed by atoms with van der Waals surface area (Å²) in [5.41, 5.74) is 6.87. The summed E-state index contributed by atoms with van der Waals surface area (Å²) in [5, 5.41) is 11.8. The number of aryl methyl sites for hydroxylation is 2. The lowest BCUT2D eigenvalue weighted by Crippen LogP contribution is -2.28. The lowest BCUT2D eigenvalue weighted by atomic mass is 10.2. The van der Waals surface area contributed by atoms with Crippen molar-refractivity contribution in [3.63, 3.8) is 0 Å². The highest BCUT2D eigenvalue weighted by Gasteiger charge is 2.17. The van der Waals surface area contributed by atoms with Gasteiger partial charge in [0, 0.05) is 13.6 Å². The molecule has 1 heterocycles. The molecule has 102 valence electrons. The molecule has 0 fully saturated rings. The molecular formula is C12H23N5O. The molecule has 6 heteroatoms. The van der Waals surface area contributed by atoms with Crippen LogP contribution in [0.5, 0.6) is 5.88 Å². The maximum Gasteiger partial charge on any atom is 0.223 e. The summed E-state index contributed by atoms with van der Waals surface area (Å²) in [7, 11) is 1.80. The molecule has 1 aromatic rings. The van der Waals surface area contributed by atoms with Crippen LogP contribution in [-0.4, -0.2) is 46.8 Å². The van der Waals surface area contributed by atoms with Gasteiger partial charge < -0.3 is 15.4 Å². The summed E-state index contributed by atoms with van der Waals surface area (Å²) in [5.74, 6) is 0.575. The van der Waals surface area contributed by atoms with E-state index in [-0.39, 0.29) is 5.84 Å². The van der Waals surface area contributed by atoms with Crippen LogP contribution in [0.15, 0.2) is 0 Å². The Balaban J connectivity index is 2.70. The molecule has 0 aliphatic carbocycles. The zero-order chi connectivity index (χ0) is 13.7. The van der Waals surface area contributed by atoms with Crippen molar-refractivity contribution in [1.29, 1.82) is 5.41 Å². The van der Waals surface area contributed by atoms with E-state index in [9.17, 15) is 0 Å². The second kappa shape index (κ2) is 6.39. The van der Waals surface area contributed by atoms with Crippen molar-refractivity contribution in [3.05, 3.63) is 11.3 Å². The highest BCUT2D eigenvalue weighted by Crippen LogP contribution is 2.20. The van der Waals surface area contributed by atoms with Crippen LogP contribution < -0.4 is 10.5 Å². The Labute approximate surface area is 108 Å². The van der Waals surface area contributed by atoms with E-state index in [1.165, 1.54) is 0 Å². The van der Waals surface area contributed by atoms with Gasteiger partial charge in [-0.05, 0) is 20.0 Å². The molecule has 3 N–H and O–H groups in total. The molecule has 18 heavy (non-hydrogen) atoms. The lowest BCUT2D eigenvalue weighted by Gasteiger charge is -2.18. The molecule has 0 saturated heterocycles. The smallest absolute Gasteiger partial charge is 0.223 e. The Hall–Kier alpha value is -1.56. The van der Waals surface area contributed by atoms with Gasteiger partial charge >= 0.3 is 0 Å². The number of hydrogen-bond donors (Lipinski definition) is 2. The summed E-state index contributed by atoms with van der Waals surface area (Å²) in [6.45, 7) is 9.51. The van der Waals surface area contributed by atoms with Crippen molar-refractivity contribution >= 4 is 5.84 Å². The standard InChI is InChI=1S/C12H23N5O/c1-5-17(6-2)7-8-18-12-10(11(13)14)9(3)15-16(12)4/h5-8H2,1-4H3,(H3,13,14). The summed E-state index contributed by atoms with van der Waals surface area (Å²) in [6, 6.07) is 0. The highest BCUT2D eigenvalue weighted by molar-refractivity contribution is 5.98. The van der Waals surface area contributed by atoms with E-state index in [1.807, 2.05) is 6.92 Å². The predicted octanol–water partition coefficient (Wildman–Crippen LogP) is 0.733. The normalized spacial score (nSPS) is 10.9. The molecule has 0 aliphatic heterocycles. The van der Waals surface area contributed by atoms with Crippen LogP contribution in [0.3, 0.4) is 0 Å². The molecule has 1 rings (SSSR count). The minimum atomic E-state index is -0.00145. The summed E-state index contributed by atoms with van der Waals surface area (Å²) >= 11 is 0. The number of likely N-dealkylation sites (N-methyl/N-ethyl adjacent to an activating group) is 1. The van der Waals surface area contributed by atoms with Crippen molar-refractivity contribution in [2.24, 2.45) is 12.8 Å². The van der Waals surface area contributed by atoms with Crippen molar-refractivity contribution in [2.45, 2.75) is 20.8 Å². The summed E-state index contributed by atoms with van der Waals surface area (Å²) in [6.07, 6.45) is 0. The van der Waals surface area contributed by atoms with E-state index in [4.69, 9.17) is 15.9 Å². The molecule has 0 aliphatic rings. The van der Waals surface area contributed by atoms with E-state index in [0.29, 0.717) is 18.1 Å². The number of amidine groups is 1. The Morgan fingerprint density at radius 2 is 2.06 bits per heavy atom. The summed E-state index contributed by atoms with van der Waals surface area (Å²) in [4.78, 5) is 2.27. The number of nitrogens with two attached hydrogens (primary N) is 1. The number of ether oxygens (including phenoxy) is 1. The zero-order valence-corrected chi connectivity index (χ0v) is 11.7. The quantitative estimate of drug-likeness (QED) is 0.554. The van der Waals surface area contributed by atoms with Gasteiger partial charge in [0.25, 0.3) is 0 Å². The third kappa shape index (κ3) is 3.22. The van der Waals surface area contributed by atoms with Gasteiger partial charge in [-0.3, -0.25) is 5.41 Å². The first-order valence-electron chi connectivity index (χ1n) is 6.24. The molecule has 0 spiro atoms. The Morgan fingerprint density at radius 1 is 1.44 bits per heavy atom. The molecule has 0 radical (unpaired) electrons. The van der Waals surface area contributed by atoms with Gasteiger partial charge in [-0.2, -0.15) is 5.10 Å². The lowest BCUT2D eigenvalue weighted by molar-refractivity contribution is 0.212. The van der Waals surface area contributed by atoms with Crippen LogP contribution in [0.2, 0.25) is 0 Å². The SMILES string of the molecule is CCN(CC)CCOc1c(C(=N)N)c(C)nn1C. The Bertz CT molecular complexity index is 409. The summed E-state index contributed by atoms with van der Waals surface area (Å²) < 4.78 is 7.36. The maximum atomic E-state index is 7.56. The highest BCUT2D eigenvalue weighted by atomic mass is 16.5. The fourth-order valence-corrected chi connectivity index (χ4v) is 1.92. The van der Waals surface area contributed by atoms with Gasteiger partial charge in [-0.25, -0.2) is 4.68 Å². The third-order valence-corrected chi connectivity index (χ3v) is 2.98. The van der Waals surface area contributed by atoms with Crippen molar-refractivity contribution in [1.82, 2.24) is 14.7 Å². The fraction of sp³-hybridized carbons (Fsp3) is 0.667. The number of nitrogen functional groups attached to an aromatic ring is 1. The molecule has 0 atom stereocenters. The first-order valence-corrected chi connectivity index (χ1v) is 6.24. The first kappa shape index (κ1) is 14.5. The minimum absolute atomic E-state index is 0.00145. The van der Waals surface area contributed by atoms with Crippen LogP contribution in [0.4, 0.5) is 0 Å². The molecule has 6 nitrogen and oxygen atoms in total. The van der Waals surface area contributed by atoms with E-state index >= 15 is 0 Å². The zero-order valence-electron chi connectivity index (χ0n) is 11.7. The average molecular weight is 253 g/mol. The number of nitrogens with zero attached hydrogens (tertiary/aromatic N) is 3. The van der Waals surface area contributed by atoms with E-state index in [0.717, 1.165) is 25.3 Å². The third-order valence-electron chi connectivity index (χ3n) is 2.98. The molecule has 0 saturated carbocycles. The Kier molecular flexibility index (Phi) is 5.15. The van der Waals surface area contributed by atoms with Crippen LogP contribution in [0.25, 0.3) is 0 Å². The van der Waals surface area contributed by atoms with Gasteiger partial charge in [0.15, 0.2) is 0 Å². The van der Waals surface area contributed by atoms with Gasteiger partial charge in [-0.15, -0.1) is 0 Å². The van der Waals surface area contributed by atoms with Crippen molar-refractivity contribution in [2.75, 3.05) is 26.2 Å². The second-order valence-electron chi connectivity index (χ2n) is 4.18. The molecule has 0 unspecified atom stereocenters. The van der Waals surface area contributed by atoms with Crippen LogP contribution in [0.1, 0.15) is 25.1 Å².